The smallest absolute Gasteiger partial charge is 0.152 e. The third kappa shape index (κ3) is 4.01. The van der Waals surface area contributed by atoms with Crippen LogP contribution in [-0.4, -0.2) is 23.3 Å². The number of anilines is 2. The number of likely N-dealkylation sites (N-methyl/N-ethyl adjacent to an activating group) is 1. The fourth-order valence-corrected chi connectivity index (χ4v) is 4.37. The van der Waals surface area contributed by atoms with Crippen LogP contribution in [0.1, 0.15) is 51.3 Å². The molecule has 0 bridgehead atoms. The minimum Gasteiger partial charge on any atom is -0.396 e. The van der Waals surface area contributed by atoms with E-state index in [0.29, 0.717) is 0 Å². The largest absolute Gasteiger partial charge is 0.396 e. The summed E-state index contributed by atoms with van der Waals surface area (Å²) in [6.45, 7) is 14.0. The molecule has 2 N–H and O–H groups in total. The molecule has 4 heteroatoms. The summed E-state index contributed by atoms with van der Waals surface area (Å²) in [4.78, 5) is 8.45. The monoisotopic (exact) mass is 381 g/mol. The van der Waals surface area contributed by atoms with Crippen molar-refractivity contribution in [1.82, 2.24) is 4.98 Å². The van der Waals surface area contributed by atoms with Crippen LogP contribution >= 0.6 is 11.8 Å². The molecule has 1 aliphatic carbocycles. The third-order valence-electron chi connectivity index (χ3n) is 5.07. The molecular weight excluding hydrogens is 350 g/mol. The average molecular weight is 382 g/mol. The molecule has 3 nitrogen and oxygen atoms in total. The molecule has 3 rings (SSSR count). The van der Waals surface area contributed by atoms with Crippen molar-refractivity contribution in [1.29, 1.82) is 0 Å². The summed E-state index contributed by atoms with van der Waals surface area (Å²) in [5.41, 5.74) is 12.5. The number of pyridine rings is 1. The highest BCUT2D eigenvalue weighted by atomic mass is 32.2. The van der Waals surface area contributed by atoms with Crippen LogP contribution in [0, 0.1) is 6.92 Å². The van der Waals surface area contributed by atoms with Crippen LogP contribution in [0.25, 0.3) is 5.57 Å². The van der Waals surface area contributed by atoms with E-state index in [1.807, 2.05) is 18.0 Å². The number of rotatable bonds is 6. The van der Waals surface area contributed by atoms with Gasteiger partial charge in [0.15, 0.2) is 5.82 Å². The highest BCUT2D eigenvalue weighted by molar-refractivity contribution is 7.99. The lowest BCUT2D eigenvalue weighted by Crippen LogP contribution is -2.29. The molecule has 0 radical (unpaired) electrons. The minimum absolute atomic E-state index is 0.0491. The van der Waals surface area contributed by atoms with Crippen molar-refractivity contribution < 1.29 is 0 Å². The van der Waals surface area contributed by atoms with E-state index in [1.54, 1.807) is 0 Å². The maximum atomic E-state index is 6.41. The Bertz CT molecular complexity index is 864. The number of aromatic nitrogens is 1. The number of hydrogen-bond donors (Lipinski definition) is 1. The van der Waals surface area contributed by atoms with Gasteiger partial charge in [0.1, 0.15) is 0 Å². The van der Waals surface area contributed by atoms with Crippen LogP contribution in [0.2, 0.25) is 0 Å². The quantitative estimate of drug-likeness (QED) is 0.654. The highest BCUT2D eigenvalue weighted by Crippen LogP contribution is 2.43. The molecule has 144 valence electrons. The summed E-state index contributed by atoms with van der Waals surface area (Å²) in [5, 5.41) is 0. The molecule has 1 atom stereocenters. The second-order valence-corrected chi connectivity index (χ2v) is 9.40. The number of hydrogen-bond acceptors (Lipinski definition) is 4. The molecule has 0 spiro atoms. The van der Waals surface area contributed by atoms with Gasteiger partial charge in [-0.2, -0.15) is 0 Å². The van der Waals surface area contributed by atoms with E-state index in [9.17, 15) is 0 Å². The maximum Gasteiger partial charge on any atom is 0.152 e. The van der Waals surface area contributed by atoms with Gasteiger partial charge >= 0.3 is 0 Å². The fourth-order valence-electron chi connectivity index (χ4n) is 3.45. The van der Waals surface area contributed by atoms with E-state index < -0.39 is 0 Å². The second kappa shape index (κ2) is 7.59. The summed E-state index contributed by atoms with van der Waals surface area (Å²) < 4.78 is 0. The van der Waals surface area contributed by atoms with Crippen molar-refractivity contribution in [2.24, 2.45) is 0 Å². The Balaban J connectivity index is 1.87. The van der Waals surface area contributed by atoms with E-state index in [4.69, 9.17) is 10.7 Å². The lowest BCUT2D eigenvalue weighted by atomic mass is 9.88. The van der Waals surface area contributed by atoms with Gasteiger partial charge < -0.3 is 10.6 Å². The molecule has 0 fully saturated rings. The molecule has 1 aromatic heterocycles. The Morgan fingerprint density at radius 1 is 1.22 bits per heavy atom. The Labute approximate surface area is 168 Å². The molecular formula is C23H31N3S. The third-order valence-corrected chi connectivity index (χ3v) is 6.19. The van der Waals surface area contributed by atoms with Crippen molar-refractivity contribution in [3.8, 4) is 0 Å². The van der Waals surface area contributed by atoms with E-state index in [-0.39, 0.29) is 11.5 Å². The predicted molar refractivity (Wildman–Crippen MR) is 120 cm³/mol. The van der Waals surface area contributed by atoms with Crippen molar-refractivity contribution >= 4 is 28.8 Å². The van der Waals surface area contributed by atoms with Gasteiger partial charge in [-0.25, -0.2) is 4.98 Å². The number of nitrogen functional groups attached to an aromatic ring is 1. The molecule has 0 aliphatic heterocycles. The molecule has 0 amide bonds. The van der Waals surface area contributed by atoms with Crippen LogP contribution in [0.4, 0.5) is 11.5 Å². The molecule has 1 aliphatic rings. The van der Waals surface area contributed by atoms with Gasteiger partial charge in [0.2, 0.25) is 0 Å². The van der Waals surface area contributed by atoms with Crippen LogP contribution in [0.3, 0.4) is 0 Å². The average Bonchev–Trinajstić information content (AvgIpc) is 3.38. The normalized spacial score (nSPS) is 16.2. The zero-order chi connectivity index (χ0) is 19.8. The summed E-state index contributed by atoms with van der Waals surface area (Å²) in [7, 11) is 0. The van der Waals surface area contributed by atoms with Gasteiger partial charge in [0, 0.05) is 17.6 Å². The maximum absolute atomic E-state index is 6.41. The van der Waals surface area contributed by atoms with Crippen molar-refractivity contribution in [2.45, 2.75) is 57.9 Å². The molecule has 1 aromatic carbocycles. The van der Waals surface area contributed by atoms with Gasteiger partial charge in [0.05, 0.1) is 11.7 Å². The standard InChI is InChI=1S/C23H31N3S/c1-7-26(22-19(24)12-16(14-25-22)23(4,5)6)20-13-18(20)17-11-9-10-15(3)21(17)27-8-2/h9-14,20H,7-8,24H2,1-6H3/t20-/m1/s1. The molecule has 0 unspecified atom stereocenters. The van der Waals surface area contributed by atoms with Crippen molar-refractivity contribution in [3.05, 3.63) is 53.2 Å². The van der Waals surface area contributed by atoms with Crippen LogP contribution in [0.15, 0.2) is 41.4 Å². The zero-order valence-electron chi connectivity index (χ0n) is 17.3. The van der Waals surface area contributed by atoms with Gasteiger partial charge in [-0.1, -0.05) is 52.0 Å². The molecule has 1 heterocycles. The molecule has 0 saturated carbocycles. The zero-order valence-corrected chi connectivity index (χ0v) is 18.2. The van der Waals surface area contributed by atoms with E-state index >= 15 is 0 Å². The number of nitrogens with zero attached hydrogens (tertiary/aromatic N) is 2. The first-order chi connectivity index (χ1) is 12.8. The van der Waals surface area contributed by atoms with Crippen LogP contribution in [-0.2, 0) is 5.41 Å². The Kier molecular flexibility index (Phi) is 5.57. The SMILES string of the molecule is CCSc1c(C)cccc1C1=C[C@H]1N(CC)c1ncc(C(C)(C)C)cc1N. The minimum atomic E-state index is 0.0491. The molecule has 0 saturated heterocycles. The number of thioether (sulfide) groups is 1. The van der Waals surface area contributed by atoms with E-state index in [1.165, 1.54) is 27.2 Å². The summed E-state index contributed by atoms with van der Waals surface area (Å²) in [6, 6.07) is 8.95. The fraction of sp³-hybridized carbons (Fsp3) is 0.435. The lowest BCUT2D eigenvalue weighted by Gasteiger charge is -2.27. The Morgan fingerprint density at radius 2 is 1.96 bits per heavy atom. The van der Waals surface area contributed by atoms with Gasteiger partial charge in [-0.3, -0.25) is 0 Å². The van der Waals surface area contributed by atoms with Gasteiger partial charge in [-0.15, -0.1) is 11.8 Å². The molecule has 2 aromatic rings. The Hall–Kier alpha value is -1.94. The van der Waals surface area contributed by atoms with Gasteiger partial charge in [0.25, 0.3) is 0 Å². The van der Waals surface area contributed by atoms with E-state index in [2.05, 4.69) is 76.8 Å². The predicted octanol–water partition coefficient (Wildman–Crippen LogP) is 5.67. The number of nitrogens with two attached hydrogens (primary N) is 1. The van der Waals surface area contributed by atoms with Crippen LogP contribution < -0.4 is 10.6 Å². The second-order valence-electron chi connectivity index (χ2n) is 8.12. The summed E-state index contributed by atoms with van der Waals surface area (Å²) in [5.74, 6) is 1.97. The van der Waals surface area contributed by atoms with Gasteiger partial charge in [-0.05, 0) is 53.3 Å². The van der Waals surface area contributed by atoms with Crippen LogP contribution in [0.5, 0.6) is 0 Å². The highest BCUT2D eigenvalue weighted by Gasteiger charge is 2.34. The molecule has 27 heavy (non-hydrogen) atoms. The lowest BCUT2D eigenvalue weighted by molar-refractivity contribution is 0.587. The number of aryl methyl sites for hydroxylation is 1. The summed E-state index contributed by atoms with van der Waals surface area (Å²) in [6.07, 6.45) is 4.30. The Morgan fingerprint density at radius 3 is 2.56 bits per heavy atom. The van der Waals surface area contributed by atoms with Crippen molar-refractivity contribution in [2.75, 3.05) is 22.9 Å². The summed E-state index contributed by atoms with van der Waals surface area (Å²) >= 11 is 1.92. The number of benzene rings is 1. The first-order valence-electron chi connectivity index (χ1n) is 9.75. The van der Waals surface area contributed by atoms with Crippen molar-refractivity contribution in [3.63, 3.8) is 0 Å². The first-order valence-corrected chi connectivity index (χ1v) is 10.7. The van der Waals surface area contributed by atoms with E-state index in [0.717, 1.165) is 23.8 Å². The first kappa shape index (κ1) is 19.8. The topological polar surface area (TPSA) is 42.2 Å².